The third kappa shape index (κ3) is 3.39. The number of hydrogen-bond acceptors (Lipinski definition) is 7. The minimum atomic E-state index is -0.594. The standard InChI is InChI=1S/C25H30N2O5/c1-15-17(3-4-18-19(15)14-32-24(18)31)20(28)13-26-9-5-25(6-10-26)7-11-27(12-8-25)21-16(2)22(29)23(21)30/h3-4,20,28H,5-14H2,1-2H3/t20-/m0/s1. The molecular weight excluding hydrogens is 408 g/mol. The van der Waals surface area contributed by atoms with E-state index in [1.54, 1.807) is 13.0 Å². The fourth-order valence-electron chi connectivity index (χ4n) is 5.86. The first kappa shape index (κ1) is 21.3. The highest BCUT2D eigenvalue weighted by Crippen LogP contribution is 2.42. The molecule has 1 atom stereocenters. The number of nitrogens with zero attached hydrogens (tertiary/aromatic N) is 2. The van der Waals surface area contributed by atoms with Crippen LogP contribution in [0.3, 0.4) is 0 Å². The fourth-order valence-corrected chi connectivity index (χ4v) is 5.86. The number of hydrogen-bond donors (Lipinski definition) is 1. The molecule has 0 unspecified atom stereocenters. The predicted molar refractivity (Wildman–Crippen MR) is 121 cm³/mol. The van der Waals surface area contributed by atoms with Crippen LogP contribution in [0.15, 0.2) is 21.7 Å². The Hall–Kier alpha value is -2.51. The maximum atomic E-state index is 11.9. The van der Waals surface area contributed by atoms with Crippen molar-refractivity contribution in [3.05, 3.63) is 60.4 Å². The first-order chi connectivity index (χ1) is 15.3. The van der Waals surface area contributed by atoms with Crippen molar-refractivity contribution in [2.45, 2.75) is 52.2 Å². The monoisotopic (exact) mass is 438 g/mol. The van der Waals surface area contributed by atoms with Crippen LogP contribution >= 0.6 is 0 Å². The molecule has 0 amide bonds. The summed E-state index contributed by atoms with van der Waals surface area (Å²) in [5.74, 6) is -0.281. The molecule has 1 N–H and O–H groups in total. The molecule has 1 spiro atoms. The van der Waals surface area contributed by atoms with Crippen LogP contribution < -0.4 is 15.8 Å². The molecule has 3 heterocycles. The molecule has 0 aliphatic carbocycles. The summed E-state index contributed by atoms with van der Waals surface area (Å²) in [5, 5.41) is 10.9. The van der Waals surface area contributed by atoms with E-state index in [4.69, 9.17) is 4.74 Å². The molecule has 2 fully saturated rings. The maximum absolute atomic E-state index is 11.9. The minimum Gasteiger partial charge on any atom is -0.457 e. The lowest BCUT2D eigenvalue weighted by atomic mass is 9.71. The number of β-amino-alcohol motifs (C(OH)–C–C–N with tert-alkyl or cyclic N) is 1. The van der Waals surface area contributed by atoms with Gasteiger partial charge < -0.3 is 19.6 Å². The van der Waals surface area contributed by atoms with Crippen molar-refractivity contribution in [3.8, 4) is 0 Å². The molecule has 7 nitrogen and oxygen atoms in total. The zero-order valence-electron chi connectivity index (χ0n) is 18.8. The molecular formula is C25H30N2O5. The molecule has 3 aliphatic rings. The largest absolute Gasteiger partial charge is 0.457 e. The zero-order valence-corrected chi connectivity index (χ0v) is 18.8. The van der Waals surface area contributed by atoms with Gasteiger partial charge in [-0.05, 0) is 75.2 Å². The van der Waals surface area contributed by atoms with E-state index in [1.807, 2.05) is 13.0 Å². The Balaban J connectivity index is 1.17. The van der Waals surface area contributed by atoms with Crippen LogP contribution in [-0.2, 0) is 11.3 Å². The van der Waals surface area contributed by atoms with Gasteiger partial charge in [0, 0.05) is 30.8 Å². The van der Waals surface area contributed by atoms with Gasteiger partial charge in [0.2, 0.25) is 10.9 Å². The van der Waals surface area contributed by atoms with Crippen molar-refractivity contribution < 1.29 is 14.6 Å². The number of fused-ring (bicyclic) bond motifs is 1. The summed E-state index contributed by atoms with van der Waals surface area (Å²) in [4.78, 5) is 39.6. The highest BCUT2D eigenvalue weighted by atomic mass is 16.5. The second kappa shape index (κ2) is 7.81. The number of aliphatic hydroxyl groups is 1. The van der Waals surface area contributed by atoms with E-state index in [9.17, 15) is 19.5 Å². The average molecular weight is 439 g/mol. The van der Waals surface area contributed by atoms with Gasteiger partial charge in [-0.3, -0.25) is 9.59 Å². The van der Waals surface area contributed by atoms with Gasteiger partial charge in [0.15, 0.2) is 0 Å². The minimum absolute atomic E-state index is 0.281. The third-order valence-corrected chi connectivity index (χ3v) is 8.17. The number of anilines is 1. The second-order valence-electron chi connectivity index (χ2n) is 9.82. The molecule has 170 valence electrons. The van der Waals surface area contributed by atoms with E-state index in [0.717, 1.165) is 68.6 Å². The normalized spacial score (nSPS) is 21.7. The summed E-state index contributed by atoms with van der Waals surface area (Å²) in [6.07, 6.45) is 3.66. The highest BCUT2D eigenvalue weighted by Gasteiger charge is 2.39. The van der Waals surface area contributed by atoms with E-state index in [0.29, 0.717) is 35.4 Å². The van der Waals surface area contributed by atoms with E-state index in [2.05, 4.69) is 9.80 Å². The first-order valence-corrected chi connectivity index (χ1v) is 11.5. The molecule has 2 saturated heterocycles. The Morgan fingerprint density at radius 2 is 1.62 bits per heavy atom. The highest BCUT2D eigenvalue weighted by molar-refractivity contribution is 5.93. The Kier molecular flexibility index (Phi) is 5.21. The second-order valence-corrected chi connectivity index (χ2v) is 9.82. The van der Waals surface area contributed by atoms with Crippen molar-refractivity contribution in [1.29, 1.82) is 0 Å². The third-order valence-electron chi connectivity index (χ3n) is 8.17. The number of likely N-dealkylation sites (tertiary alicyclic amines) is 1. The number of rotatable bonds is 4. The average Bonchev–Trinajstić information content (AvgIpc) is 3.18. The summed E-state index contributed by atoms with van der Waals surface area (Å²) < 4.78 is 5.13. The van der Waals surface area contributed by atoms with Crippen molar-refractivity contribution >= 4 is 11.7 Å². The Labute approximate surface area is 187 Å². The number of carbonyl (C=O) groups is 1. The van der Waals surface area contributed by atoms with E-state index in [-0.39, 0.29) is 16.8 Å². The topological polar surface area (TPSA) is 87.2 Å². The molecule has 0 saturated carbocycles. The van der Waals surface area contributed by atoms with Crippen molar-refractivity contribution in [2.75, 3.05) is 37.6 Å². The van der Waals surface area contributed by atoms with Gasteiger partial charge in [0.05, 0.1) is 17.4 Å². The summed E-state index contributed by atoms with van der Waals surface area (Å²) in [6.45, 7) is 8.15. The molecule has 32 heavy (non-hydrogen) atoms. The number of benzene rings is 1. The van der Waals surface area contributed by atoms with Gasteiger partial charge in [0.1, 0.15) is 6.61 Å². The van der Waals surface area contributed by atoms with Crippen LogP contribution in [0.2, 0.25) is 0 Å². The molecule has 2 aromatic rings. The molecule has 3 aliphatic heterocycles. The number of aliphatic hydroxyl groups excluding tert-OH is 1. The van der Waals surface area contributed by atoms with Gasteiger partial charge >= 0.3 is 5.97 Å². The molecule has 0 aromatic heterocycles. The fraction of sp³-hybridized carbons (Fsp3) is 0.560. The molecule has 0 radical (unpaired) electrons. The van der Waals surface area contributed by atoms with E-state index < -0.39 is 6.10 Å². The van der Waals surface area contributed by atoms with Crippen LogP contribution in [0.5, 0.6) is 0 Å². The molecule has 7 heteroatoms. The Morgan fingerprint density at radius 1 is 0.969 bits per heavy atom. The van der Waals surface area contributed by atoms with Crippen LogP contribution in [-0.4, -0.2) is 48.7 Å². The van der Waals surface area contributed by atoms with Gasteiger partial charge in [-0.25, -0.2) is 4.79 Å². The van der Waals surface area contributed by atoms with E-state index >= 15 is 0 Å². The number of carbonyl (C=O) groups excluding carboxylic acids is 1. The summed E-state index contributed by atoms with van der Waals surface area (Å²) in [7, 11) is 0. The lowest BCUT2D eigenvalue weighted by molar-refractivity contribution is 0.0447. The maximum Gasteiger partial charge on any atom is 0.338 e. The zero-order chi connectivity index (χ0) is 22.6. The van der Waals surface area contributed by atoms with Crippen LogP contribution in [0.4, 0.5) is 5.69 Å². The quantitative estimate of drug-likeness (QED) is 0.577. The SMILES string of the molecule is Cc1c([C@@H](O)CN2CCC3(CC2)CCN(c2c(C)c(=O)c2=O)CC3)ccc2c1COC2=O. The number of ether oxygens (including phenoxy) is 1. The molecule has 0 bridgehead atoms. The van der Waals surface area contributed by atoms with Crippen LogP contribution in [0.1, 0.15) is 64.4 Å². The Morgan fingerprint density at radius 3 is 2.28 bits per heavy atom. The van der Waals surface area contributed by atoms with E-state index in [1.165, 1.54) is 0 Å². The van der Waals surface area contributed by atoms with Gasteiger partial charge in [-0.2, -0.15) is 0 Å². The molecule has 5 rings (SSSR count). The lowest BCUT2D eigenvalue weighted by Gasteiger charge is -2.48. The smallest absolute Gasteiger partial charge is 0.338 e. The lowest BCUT2D eigenvalue weighted by Crippen LogP contribution is -2.50. The summed E-state index contributed by atoms with van der Waals surface area (Å²) in [6, 6.07) is 3.63. The van der Waals surface area contributed by atoms with Gasteiger partial charge in [-0.1, -0.05) is 6.07 Å². The van der Waals surface area contributed by atoms with Crippen LogP contribution in [0.25, 0.3) is 0 Å². The number of piperidine rings is 2. The first-order valence-electron chi connectivity index (χ1n) is 11.5. The predicted octanol–water partition coefficient (Wildman–Crippen LogP) is 1.99. The van der Waals surface area contributed by atoms with Crippen molar-refractivity contribution in [1.82, 2.24) is 4.90 Å². The number of cyclic esters (lactones) is 1. The van der Waals surface area contributed by atoms with Crippen molar-refractivity contribution in [2.24, 2.45) is 5.41 Å². The molecule has 2 aromatic carbocycles. The van der Waals surface area contributed by atoms with Crippen LogP contribution in [0, 0.1) is 19.3 Å². The van der Waals surface area contributed by atoms with Crippen molar-refractivity contribution in [3.63, 3.8) is 0 Å². The summed E-state index contributed by atoms with van der Waals surface area (Å²) in [5.41, 5.74) is 4.25. The van der Waals surface area contributed by atoms with Gasteiger partial charge in [0.25, 0.3) is 0 Å². The van der Waals surface area contributed by atoms with Gasteiger partial charge in [-0.15, -0.1) is 0 Å². The Bertz CT molecular complexity index is 1130. The number of esters is 1. The summed E-state index contributed by atoms with van der Waals surface area (Å²) >= 11 is 0.